The maximum absolute atomic E-state index is 12.9. The van der Waals surface area contributed by atoms with E-state index < -0.39 is 11.6 Å². The van der Waals surface area contributed by atoms with Gasteiger partial charge >= 0.3 is 0 Å². The molecule has 0 amide bonds. The highest BCUT2D eigenvalue weighted by Gasteiger charge is 2.22. The third kappa shape index (κ3) is 3.48. The fourth-order valence-corrected chi connectivity index (χ4v) is 2.23. The van der Waals surface area contributed by atoms with E-state index in [-0.39, 0.29) is 18.8 Å². The van der Waals surface area contributed by atoms with E-state index in [9.17, 15) is 8.78 Å². The van der Waals surface area contributed by atoms with E-state index in [4.69, 9.17) is 10.5 Å². The molecule has 4 heteroatoms. The number of nitrogens with two attached hydrogens (primary N) is 1. The van der Waals surface area contributed by atoms with E-state index in [1.165, 1.54) is 12.1 Å². The van der Waals surface area contributed by atoms with E-state index in [0.29, 0.717) is 5.56 Å². The van der Waals surface area contributed by atoms with Crippen LogP contribution in [-0.2, 0) is 11.3 Å². The fourth-order valence-electron chi connectivity index (χ4n) is 2.23. The van der Waals surface area contributed by atoms with Crippen molar-refractivity contribution in [2.75, 3.05) is 0 Å². The number of hydrogen-bond acceptors (Lipinski definition) is 2. The van der Waals surface area contributed by atoms with Crippen LogP contribution in [0.1, 0.15) is 31.2 Å². The Kier molecular flexibility index (Phi) is 4.07. The van der Waals surface area contributed by atoms with Crippen molar-refractivity contribution >= 4 is 0 Å². The second-order valence-electron chi connectivity index (χ2n) is 4.58. The molecule has 0 aromatic heterocycles. The third-order valence-corrected chi connectivity index (χ3v) is 3.14. The van der Waals surface area contributed by atoms with Crippen LogP contribution in [0.3, 0.4) is 0 Å². The van der Waals surface area contributed by atoms with Crippen molar-refractivity contribution in [2.45, 2.75) is 44.4 Å². The molecule has 0 aliphatic heterocycles. The normalized spacial score (nSPS) is 24.9. The lowest BCUT2D eigenvalue weighted by Crippen LogP contribution is -2.39. The van der Waals surface area contributed by atoms with Gasteiger partial charge in [-0.3, -0.25) is 0 Å². The van der Waals surface area contributed by atoms with Gasteiger partial charge in [0.05, 0.1) is 12.7 Å². The lowest BCUT2D eigenvalue weighted by atomic mass is 9.93. The molecule has 17 heavy (non-hydrogen) atoms. The molecule has 0 radical (unpaired) electrons. The first kappa shape index (κ1) is 12.5. The largest absolute Gasteiger partial charge is 0.372 e. The zero-order chi connectivity index (χ0) is 12.3. The minimum atomic E-state index is -0.573. The van der Waals surface area contributed by atoms with Crippen LogP contribution in [0.4, 0.5) is 8.78 Å². The fraction of sp³-hybridized carbons (Fsp3) is 0.538. The monoisotopic (exact) mass is 241 g/mol. The maximum Gasteiger partial charge on any atom is 0.126 e. The molecule has 0 spiro atoms. The molecule has 2 rings (SSSR count). The molecule has 1 aliphatic carbocycles. The van der Waals surface area contributed by atoms with Gasteiger partial charge in [0, 0.05) is 12.1 Å². The van der Waals surface area contributed by atoms with Crippen LogP contribution in [-0.4, -0.2) is 12.1 Å². The highest BCUT2D eigenvalue weighted by atomic mass is 19.1. The van der Waals surface area contributed by atoms with Crippen LogP contribution >= 0.6 is 0 Å². The van der Waals surface area contributed by atoms with Crippen molar-refractivity contribution in [3.63, 3.8) is 0 Å². The highest BCUT2D eigenvalue weighted by Crippen LogP contribution is 2.21. The average molecular weight is 241 g/mol. The molecule has 2 N–H and O–H groups in total. The molecule has 2 atom stereocenters. The van der Waals surface area contributed by atoms with Gasteiger partial charge in [-0.15, -0.1) is 0 Å². The van der Waals surface area contributed by atoms with Gasteiger partial charge in [-0.05, 0) is 30.5 Å². The summed E-state index contributed by atoms with van der Waals surface area (Å²) in [6, 6.07) is 3.48. The summed E-state index contributed by atoms with van der Waals surface area (Å²) in [4.78, 5) is 0. The number of rotatable bonds is 3. The summed E-state index contributed by atoms with van der Waals surface area (Å²) in [6.07, 6.45) is 4.14. The van der Waals surface area contributed by atoms with Crippen LogP contribution in [0, 0.1) is 11.6 Å². The molecule has 0 bridgehead atoms. The molecular formula is C13H17F2NO. The zero-order valence-electron chi connectivity index (χ0n) is 9.66. The number of halogens is 2. The molecule has 1 saturated carbocycles. The second-order valence-corrected chi connectivity index (χ2v) is 4.58. The molecule has 1 aliphatic rings. The Morgan fingerprint density at radius 1 is 1.12 bits per heavy atom. The minimum absolute atomic E-state index is 0.00933. The first-order chi connectivity index (χ1) is 8.15. The van der Waals surface area contributed by atoms with Crippen LogP contribution in [0.5, 0.6) is 0 Å². The molecule has 94 valence electrons. The summed E-state index contributed by atoms with van der Waals surface area (Å²) in [5.74, 6) is -1.15. The summed E-state index contributed by atoms with van der Waals surface area (Å²) in [5, 5.41) is 0. The lowest BCUT2D eigenvalue weighted by Gasteiger charge is -2.28. The van der Waals surface area contributed by atoms with Crippen LogP contribution in [0.25, 0.3) is 0 Å². The number of ether oxygens (including phenoxy) is 1. The standard InChI is InChI=1S/C13H17F2NO/c14-10-5-9(6-11(15)7-10)8-17-13-4-2-1-3-12(13)16/h5-7,12-13H,1-4,8,16H2. The van der Waals surface area contributed by atoms with Crippen molar-refractivity contribution in [2.24, 2.45) is 5.73 Å². The van der Waals surface area contributed by atoms with Crippen LogP contribution in [0.15, 0.2) is 18.2 Å². The summed E-state index contributed by atoms with van der Waals surface area (Å²) in [5.41, 5.74) is 6.44. The Hall–Kier alpha value is -1.00. The predicted molar refractivity (Wildman–Crippen MR) is 61.4 cm³/mol. The zero-order valence-corrected chi connectivity index (χ0v) is 9.66. The van der Waals surface area contributed by atoms with Crippen molar-refractivity contribution < 1.29 is 13.5 Å². The highest BCUT2D eigenvalue weighted by molar-refractivity contribution is 5.17. The van der Waals surface area contributed by atoms with Gasteiger partial charge in [-0.2, -0.15) is 0 Å². The number of hydrogen-bond donors (Lipinski definition) is 1. The van der Waals surface area contributed by atoms with Crippen LogP contribution < -0.4 is 5.73 Å². The minimum Gasteiger partial charge on any atom is -0.372 e. The Balaban J connectivity index is 1.92. The van der Waals surface area contributed by atoms with Crippen LogP contribution in [0.2, 0.25) is 0 Å². The van der Waals surface area contributed by atoms with Gasteiger partial charge in [-0.25, -0.2) is 8.78 Å². The molecule has 1 fully saturated rings. The van der Waals surface area contributed by atoms with Gasteiger partial charge in [0.25, 0.3) is 0 Å². The third-order valence-electron chi connectivity index (χ3n) is 3.14. The second kappa shape index (κ2) is 5.56. The summed E-state index contributed by atoms with van der Waals surface area (Å²) >= 11 is 0. The quantitative estimate of drug-likeness (QED) is 0.883. The Bertz CT molecular complexity index is 363. The average Bonchev–Trinajstić information content (AvgIpc) is 2.27. The van der Waals surface area contributed by atoms with Crippen molar-refractivity contribution in [1.82, 2.24) is 0 Å². The molecule has 1 aromatic carbocycles. The summed E-state index contributed by atoms with van der Waals surface area (Å²) < 4.78 is 31.5. The smallest absolute Gasteiger partial charge is 0.126 e. The van der Waals surface area contributed by atoms with E-state index in [1.54, 1.807) is 0 Å². The van der Waals surface area contributed by atoms with Gasteiger partial charge in [0.15, 0.2) is 0 Å². The van der Waals surface area contributed by atoms with E-state index in [0.717, 1.165) is 31.7 Å². The van der Waals surface area contributed by atoms with E-state index in [2.05, 4.69) is 0 Å². The molecule has 2 unspecified atom stereocenters. The predicted octanol–water partition coefficient (Wildman–Crippen LogP) is 2.75. The summed E-state index contributed by atoms with van der Waals surface area (Å²) in [6.45, 7) is 0.215. The topological polar surface area (TPSA) is 35.2 Å². The SMILES string of the molecule is NC1CCCCC1OCc1cc(F)cc(F)c1. The Morgan fingerprint density at radius 3 is 2.41 bits per heavy atom. The molecule has 1 aromatic rings. The first-order valence-electron chi connectivity index (χ1n) is 5.97. The van der Waals surface area contributed by atoms with E-state index >= 15 is 0 Å². The lowest BCUT2D eigenvalue weighted by molar-refractivity contribution is 0.00385. The van der Waals surface area contributed by atoms with Crippen molar-refractivity contribution in [3.05, 3.63) is 35.4 Å². The Morgan fingerprint density at radius 2 is 1.76 bits per heavy atom. The maximum atomic E-state index is 12.9. The Labute approximate surface area is 99.8 Å². The molecular weight excluding hydrogens is 224 g/mol. The summed E-state index contributed by atoms with van der Waals surface area (Å²) in [7, 11) is 0. The molecule has 0 saturated heterocycles. The van der Waals surface area contributed by atoms with Gasteiger partial charge < -0.3 is 10.5 Å². The van der Waals surface area contributed by atoms with E-state index in [1.807, 2.05) is 0 Å². The molecule has 2 nitrogen and oxygen atoms in total. The van der Waals surface area contributed by atoms with Gasteiger partial charge in [0.1, 0.15) is 11.6 Å². The van der Waals surface area contributed by atoms with Crippen molar-refractivity contribution in [1.29, 1.82) is 0 Å². The van der Waals surface area contributed by atoms with Gasteiger partial charge in [0.2, 0.25) is 0 Å². The first-order valence-corrected chi connectivity index (χ1v) is 5.97. The number of benzene rings is 1. The van der Waals surface area contributed by atoms with Gasteiger partial charge in [-0.1, -0.05) is 12.8 Å². The van der Waals surface area contributed by atoms with Crippen molar-refractivity contribution in [3.8, 4) is 0 Å². The molecule has 0 heterocycles.